The molecule has 0 aliphatic rings. The van der Waals surface area contributed by atoms with Gasteiger partial charge in [-0.25, -0.2) is 5.43 Å². The Balaban J connectivity index is 1.80. The molecule has 0 heterocycles. The molecule has 2 aromatic rings. The van der Waals surface area contributed by atoms with Gasteiger partial charge in [0.2, 0.25) is 5.91 Å². The highest BCUT2D eigenvalue weighted by Crippen LogP contribution is 2.27. The Morgan fingerprint density at radius 2 is 1.61 bits per heavy atom. The summed E-state index contributed by atoms with van der Waals surface area (Å²) < 4.78 is 5.29. The van der Waals surface area contributed by atoms with E-state index < -0.39 is 5.91 Å². The number of anilines is 1. The second-order valence-electron chi connectivity index (χ2n) is 5.59. The number of halogens is 4. The molecule has 0 saturated heterocycles. The number of ether oxygens (including phenoxy) is 1. The molecule has 10 heteroatoms. The lowest BCUT2D eigenvalue weighted by molar-refractivity contribution is -0.123. The van der Waals surface area contributed by atoms with Crippen LogP contribution in [0.2, 0.25) is 20.1 Å². The number of carbonyl (C=O) groups excluding carboxylic acids is 2. The first-order valence-corrected chi connectivity index (χ1v) is 9.40. The summed E-state index contributed by atoms with van der Waals surface area (Å²) >= 11 is 23.6. The predicted octanol–water partition coefficient (Wildman–Crippen LogP) is 5.20. The third kappa shape index (κ3) is 7.20. The van der Waals surface area contributed by atoms with Crippen molar-refractivity contribution in [2.24, 2.45) is 5.10 Å². The van der Waals surface area contributed by atoms with Gasteiger partial charge >= 0.3 is 0 Å². The summed E-state index contributed by atoms with van der Waals surface area (Å²) in [7, 11) is 0. The number of nitrogens with zero attached hydrogens (tertiary/aromatic N) is 1. The lowest BCUT2D eigenvalue weighted by Gasteiger charge is -2.08. The van der Waals surface area contributed by atoms with Gasteiger partial charge in [0.1, 0.15) is 5.75 Å². The number of amides is 2. The van der Waals surface area contributed by atoms with E-state index in [9.17, 15) is 9.59 Å². The van der Waals surface area contributed by atoms with Crippen molar-refractivity contribution < 1.29 is 14.3 Å². The highest BCUT2D eigenvalue weighted by Gasteiger charge is 2.09. The van der Waals surface area contributed by atoms with Gasteiger partial charge in [-0.1, -0.05) is 46.4 Å². The van der Waals surface area contributed by atoms with Crippen molar-refractivity contribution in [1.82, 2.24) is 5.43 Å². The van der Waals surface area contributed by atoms with Crippen molar-refractivity contribution in [3.05, 3.63) is 56.5 Å². The Labute approximate surface area is 181 Å². The smallest absolute Gasteiger partial charge is 0.277 e. The molecule has 0 aliphatic carbocycles. The maximum absolute atomic E-state index is 12.0. The van der Waals surface area contributed by atoms with Crippen LogP contribution in [0.4, 0.5) is 5.69 Å². The number of carbonyl (C=O) groups is 2. The molecule has 0 spiro atoms. The van der Waals surface area contributed by atoms with E-state index in [1.165, 1.54) is 12.1 Å². The van der Waals surface area contributed by atoms with Gasteiger partial charge < -0.3 is 10.1 Å². The molecule has 148 valence electrons. The summed E-state index contributed by atoms with van der Waals surface area (Å²) in [5.41, 5.74) is 3.12. The standard InChI is InChI=1S/C18H15Cl4N3O3/c1-10(6-17(26)23-15-4-2-11(19)7-13(15)21)24-25-18(27)9-28-16-5-3-12(20)8-14(16)22/h2-5,7-8H,6,9H2,1H3,(H,23,26)(H,25,27). The number of hydrazone groups is 1. The zero-order valence-electron chi connectivity index (χ0n) is 14.6. The van der Waals surface area contributed by atoms with Crippen LogP contribution in [0.1, 0.15) is 13.3 Å². The second-order valence-corrected chi connectivity index (χ2v) is 7.28. The molecule has 0 fully saturated rings. The van der Waals surface area contributed by atoms with E-state index in [0.29, 0.717) is 32.2 Å². The van der Waals surface area contributed by atoms with Crippen LogP contribution < -0.4 is 15.5 Å². The van der Waals surface area contributed by atoms with Gasteiger partial charge in [0.05, 0.1) is 22.2 Å². The van der Waals surface area contributed by atoms with Crippen LogP contribution in [0, 0.1) is 0 Å². The van der Waals surface area contributed by atoms with E-state index >= 15 is 0 Å². The van der Waals surface area contributed by atoms with Crippen LogP contribution in [-0.4, -0.2) is 24.1 Å². The van der Waals surface area contributed by atoms with Gasteiger partial charge in [-0.05, 0) is 43.3 Å². The number of nitrogens with one attached hydrogen (secondary N) is 2. The van der Waals surface area contributed by atoms with E-state index in [1.54, 1.807) is 31.2 Å². The topological polar surface area (TPSA) is 79.8 Å². The fourth-order valence-corrected chi connectivity index (χ4v) is 2.90. The maximum atomic E-state index is 12.0. The van der Waals surface area contributed by atoms with Gasteiger partial charge in [-0.2, -0.15) is 5.10 Å². The molecule has 2 N–H and O–H groups in total. The number of hydrogen-bond acceptors (Lipinski definition) is 4. The zero-order chi connectivity index (χ0) is 20.7. The lowest BCUT2D eigenvalue weighted by atomic mass is 10.2. The zero-order valence-corrected chi connectivity index (χ0v) is 17.6. The Morgan fingerprint density at radius 3 is 2.25 bits per heavy atom. The first kappa shape index (κ1) is 22.3. The molecule has 0 aromatic heterocycles. The molecule has 2 aromatic carbocycles. The molecule has 0 atom stereocenters. The molecule has 0 radical (unpaired) electrons. The van der Waals surface area contributed by atoms with E-state index in [-0.39, 0.29) is 24.0 Å². The molecular weight excluding hydrogens is 448 g/mol. The highest BCUT2D eigenvalue weighted by atomic mass is 35.5. The van der Waals surface area contributed by atoms with E-state index in [2.05, 4.69) is 15.8 Å². The molecule has 2 amide bonds. The van der Waals surface area contributed by atoms with Crippen LogP contribution in [0.3, 0.4) is 0 Å². The minimum absolute atomic E-state index is 0.0386. The summed E-state index contributed by atoms with van der Waals surface area (Å²) in [6, 6.07) is 9.37. The Kier molecular flexibility index (Phi) is 8.38. The number of benzene rings is 2. The monoisotopic (exact) mass is 461 g/mol. The molecule has 6 nitrogen and oxygen atoms in total. The molecule has 0 bridgehead atoms. The van der Waals surface area contributed by atoms with E-state index in [1.807, 2.05) is 0 Å². The normalized spacial score (nSPS) is 11.1. The Bertz CT molecular complexity index is 919. The molecule has 0 saturated carbocycles. The highest BCUT2D eigenvalue weighted by molar-refractivity contribution is 6.37. The van der Waals surface area contributed by atoms with Crippen LogP contribution >= 0.6 is 46.4 Å². The third-order valence-electron chi connectivity index (χ3n) is 3.25. The lowest BCUT2D eigenvalue weighted by Crippen LogP contribution is -2.26. The minimum Gasteiger partial charge on any atom is -0.482 e. The van der Waals surface area contributed by atoms with E-state index in [4.69, 9.17) is 51.1 Å². The van der Waals surface area contributed by atoms with Crippen LogP contribution in [-0.2, 0) is 9.59 Å². The average molecular weight is 463 g/mol. The van der Waals surface area contributed by atoms with Crippen molar-refractivity contribution in [3.8, 4) is 5.75 Å². The Hall–Kier alpha value is -1.99. The van der Waals surface area contributed by atoms with Crippen molar-refractivity contribution in [3.63, 3.8) is 0 Å². The summed E-state index contributed by atoms with van der Waals surface area (Å²) in [5.74, 6) is -0.531. The first-order chi connectivity index (χ1) is 13.2. The number of hydrogen-bond donors (Lipinski definition) is 2. The van der Waals surface area contributed by atoms with Gasteiger partial charge in [0.15, 0.2) is 6.61 Å². The number of rotatable bonds is 7. The molecule has 0 aliphatic heterocycles. The van der Waals surface area contributed by atoms with Gasteiger partial charge in [-0.15, -0.1) is 0 Å². The van der Waals surface area contributed by atoms with Gasteiger partial charge in [0, 0.05) is 15.8 Å². The summed E-state index contributed by atoms with van der Waals surface area (Å²) in [4.78, 5) is 23.8. The maximum Gasteiger partial charge on any atom is 0.277 e. The van der Waals surface area contributed by atoms with E-state index in [0.717, 1.165) is 0 Å². The SMILES string of the molecule is CC(CC(=O)Nc1ccc(Cl)cc1Cl)=NNC(=O)COc1ccc(Cl)cc1Cl. The minimum atomic E-state index is -0.508. The quantitative estimate of drug-likeness (QED) is 0.438. The second kappa shape index (κ2) is 10.5. The van der Waals surface area contributed by atoms with Crippen molar-refractivity contribution in [2.45, 2.75) is 13.3 Å². The summed E-state index contributed by atoms with van der Waals surface area (Å²) in [6.07, 6.45) is -0.0386. The molecule has 28 heavy (non-hydrogen) atoms. The van der Waals surface area contributed by atoms with Crippen molar-refractivity contribution >= 4 is 69.6 Å². The fraction of sp³-hybridized carbons (Fsp3) is 0.167. The average Bonchev–Trinajstić information content (AvgIpc) is 2.61. The van der Waals surface area contributed by atoms with Crippen molar-refractivity contribution in [1.29, 1.82) is 0 Å². The van der Waals surface area contributed by atoms with Gasteiger partial charge in [-0.3, -0.25) is 9.59 Å². The molecule has 2 rings (SSSR count). The largest absolute Gasteiger partial charge is 0.482 e. The molecular formula is C18H15Cl4N3O3. The van der Waals surface area contributed by atoms with Crippen molar-refractivity contribution in [2.75, 3.05) is 11.9 Å². The fourth-order valence-electron chi connectivity index (χ4n) is 1.98. The van der Waals surface area contributed by atoms with Crippen LogP contribution in [0.5, 0.6) is 5.75 Å². The van der Waals surface area contributed by atoms with Gasteiger partial charge in [0.25, 0.3) is 5.91 Å². The predicted molar refractivity (Wildman–Crippen MR) is 113 cm³/mol. The third-order valence-corrected chi connectivity index (χ3v) is 4.32. The summed E-state index contributed by atoms with van der Waals surface area (Å²) in [6.45, 7) is 1.30. The van der Waals surface area contributed by atoms with Crippen LogP contribution in [0.15, 0.2) is 41.5 Å². The molecule has 0 unspecified atom stereocenters. The van der Waals surface area contributed by atoms with Crippen LogP contribution in [0.25, 0.3) is 0 Å². The summed E-state index contributed by atoms with van der Waals surface area (Å²) in [5, 5.41) is 8.03. The Morgan fingerprint density at radius 1 is 0.964 bits per heavy atom. The first-order valence-electron chi connectivity index (χ1n) is 7.89.